The summed E-state index contributed by atoms with van der Waals surface area (Å²) in [6, 6.07) is -0.671. The van der Waals surface area contributed by atoms with Crippen molar-refractivity contribution >= 4 is 52.1 Å². The predicted octanol–water partition coefficient (Wildman–Crippen LogP) is 1.25. The number of rotatable bonds is 12. The molecule has 0 aromatic heterocycles. The summed E-state index contributed by atoms with van der Waals surface area (Å²) in [6.45, 7) is 6.88. The first kappa shape index (κ1) is 23.2. The summed E-state index contributed by atoms with van der Waals surface area (Å²) >= 11 is 3.68. The minimum atomic E-state index is -0.671. The number of halogens is 1. The van der Waals surface area contributed by atoms with Gasteiger partial charge in [0.05, 0.1) is 13.2 Å². The first-order valence-corrected chi connectivity index (χ1v) is 11.6. The minimum Gasteiger partial charge on any atom is -0.457 e. The van der Waals surface area contributed by atoms with Crippen LogP contribution in [0.3, 0.4) is 0 Å². The maximum absolute atomic E-state index is 12.6. The molecule has 8 nitrogen and oxygen atoms in total. The molecule has 0 bridgehead atoms. The Morgan fingerprint density at radius 3 is 2.79 bits per heavy atom. The fraction of sp³-hybridized carbons (Fsp3) is 0.611. The average molecular weight is 524 g/mol. The van der Waals surface area contributed by atoms with E-state index in [2.05, 4.69) is 34.5 Å². The quantitative estimate of drug-likeness (QED) is 0.103. The van der Waals surface area contributed by atoms with Gasteiger partial charge in [0.1, 0.15) is 30.3 Å². The molecule has 0 aromatic carbocycles. The molecule has 2 rings (SSSR count). The van der Waals surface area contributed by atoms with E-state index in [4.69, 9.17) is 14.2 Å². The summed E-state index contributed by atoms with van der Waals surface area (Å²) in [6.07, 6.45) is 2.40. The SMILES string of the molecule is C=CCOC(=O)C1=C(CI)CSC2[C@H](NC(=O)COCCOCCC)C(=O)N12. The van der Waals surface area contributed by atoms with Gasteiger partial charge in [-0.3, -0.25) is 14.5 Å². The second kappa shape index (κ2) is 11.8. The zero-order valence-electron chi connectivity index (χ0n) is 15.8. The van der Waals surface area contributed by atoms with Crippen LogP contribution >= 0.6 is 34.4 Å². The van der Waals surface area contributed by atoms with E-state index in [-0.39, 0.29) is 30.4 Å². The summed E-state index contributed by atoms with van der Waals surface area (Å²) in [7, 11) is 0. The molecule has 1 N–H and O–H groups in total. The Bertz CT molecular complexity index is 642. The van der Waals surface area contributed by atoms with Crippen molar-refractivity contribution in [3.8, 4) is 0 Å². The molecule has 0 spiro atoms. The lowest BCUT2D eigenvalue weighted by atomic mass is 10.0. The van der Waals surface area contributed by atoms with Crippen LogP contribution in [-0.2, 0) is 28.6 Å². The molecular weight excluding hydrogens is 499 g/mol. The van der Waals surface area contributed by atoms with Crippen LogP contribution in [0, 0.1) is 0 Å². The van der Waals surface area contributed by atoms with Crippen molar-refractivity contribution in [2.24, 2.45) is 0 Å². The smallest absolute Gasteiger partial charge is 0.355 e. The lowest BCUT2D eigenvalue weighted by molar-refractivity contribution is -0.152. The van der Waals surface area contributed by atoms with E-state index in [9.17, 15) is 14.4 Å². The average Bonchev–Trinajstić information content (AvgIpc) is 2.71. The Hall–Kier alpha value is -1.11. The highest BCUT2D eigenvalue weighted by Crippen LogP contribution is 2.41. The highest BCUT2D eigenvalue weighted by atomic mass is 127. The topological polar surface area (TPSA) is 94.2 Å². The van der Waals surface area contributed by atoms with E-state index in [1.54, 1.807) is 0 Å². The van der Waals surface area contributed by atoms with Gasteiger partial charge >= 0.3 is 5.97 Å². The lowest BCUT2D eigenvalue weighted by Gasteiger charge is -2.49. The summed E-state index contributed by atoms with van der Waals surface area (Å²) in [4.78, 5) is 38.5. The molecule has 0 saturated carbocycles. The maximum Gasteiger partial charge on any atom is 0.355 e. The molecule has 0 radical (unpaired) electrons. The number of nitrogens with zero attached hydrogens (tertiary/aromatic N) is 1. The van der Waals surface area contributed by atoms with Gasteiger partial charge in [0, 0.05) is 16.8 Å². The molecule has 1 fully saturated rings. The monoisotopic (exact) mass is 524 g/mol. The number of fused-ring (bicyclic) bond motifs is 1. The Morgan fingerprint density at radius 2 is 2.11 bits per heavy atom. The number of thioether (sulfide) groups is 1. The van der Waals surface area contributed by atoms with Crippen molar-refractivity contribution in [1.29, 1.82) is 0 Å². The number of hydrogen-bond donors (Lipinski definition) is 1. The predicted molar refractivity (Wildman–Crippen MR) is 114 cm³/mol. The van der Waals surface area contributed by atoms with Gasteiger partial charge in [-0.2, -0.15) is 0 Å². The number of nitrogens with one attached hydrogen (secondary N) is 1. The molecule has 2 heterocycles. The zero-order valence-corrected chi connectivity index (χ0v) is 18.8. The van der Waals surface area contributed by atoms with Crippen LogP contribution in [0.2, 0.25) is 0 Å². The van der Waals surface area contributed by atoms with Gasteiger partial charge in [0.15, 0.2) is 0 Å². The zero-order chi connectivity index (χ0) is 20.5. The molecule has 1 unspecified atom stereocenters. The highest BCUT2D eigenvalue weighted by Gasteiger charge is 2.54. The van der Waals surface area contributed by atoms with Gasteiger partial charge in [-0.1, -0.05) is 42.2 Å². The van der Waals surface area contributed by atoms with Gasteiger partial charge < -0.3 is 19.5 Å². The van der Waals surface area contributed by atoms with Gasteiger partial charge in [-0.05, 0) is 12.0 Å². The van der Waals surface area contributed by atoms with E-state index in [1.165, 1.54) is 22.7 Å². The summed E-state index contributed by atoms with van der Waals surface area (Å²) in [5.74, 6) is -0.614. The van der Waals surface area contributed by atoms with E-state index in [1.807, 2.05) is 6.92 Å². The van der Waals surface area contributed by atoms with Crippen LogP contribution in [0.5, 0.6) is 0 Å². The molecule has 2 aliphatic rings. The standard InChI is InChI=1S/C18H25IN2O6S/c1-3-5-25-7-8-26-10-13(22)20-14-16(23)21-15(18(24)27-6-4-2)12(9-19)11-28-17(14)21/h4,14,17H,2-3,5-11H2,1H3,(H,20,22)/t14-,17?/m1/s1. The van der Waals surface area contributed by atoms with Crippen molar-refractivity contribution in [2.45, 2.75) is 24.8 Å². The van der Waals surface area contributed by atoms with Crippen LogP contribution in [0.25, 0.3) is 0 Å². The molecule has 10 heteroatoms. The second-order valence-corrected chi connectivity index (χ2v) is 7.96. The van der Waals surface area contributed by atoms with Gasteiger partial charge in [-0.15, -0.1) is 11.8 Å². The molecule has 0 aromatic rings. The third-order valence-electron chi connectivity index (χ3n) is 4.00. The number of alkyl halides is 1. The maximum atomic E-state index is 12.6. The summed E-state index contributed by atoms with van der Waals surface area (Å²) in [5.41, 5.74) is 1.14. The van der Waals surface area contributed by atoms with Crippen LogP contribution in [0.4, 0.5) is 0 Å². The molecule has 1 saturated heterocycles. The summed E-state index contributed by atoms with van der Waals surface area (Å²) < 4.78 is 16.3. The Labute approximate surface area is 182 Å². The first-order valence-electron chi connectivity index (χ1n) is 9.00. The van der Waals surface area contributed by atoms with Gasteiger partial charge in [0.2, 0.25) is 5.91 Å². The number of carbonyl (C=O) groups excluding carboxylic acids is 3. The fourth-order valence-electron chi connectivity index (χ4n) is 2.72. The molecule has 2 aliphatic heterocycles. The molecular formula is C18H25IN2O6S. The minimum absolute atomic E-state index is 0.0795. The Kier molecular flexibility index (Phi) is 9.75. The van der Waals surface area contributed by atoms with Crippen molar-refractivity contribution in [2.75, 3.05) is 43.2 Å². The van der Waals surface area contributed by atoms with E-state index < -0.39 is 12.0 Å². The largest absolute Gasteiger partial charge is 0.457 e. The molecule has 0 aliphatic carbocycles. The van der Waals surface area contributed by atoms with E-state index in [0.29, 0.717) is 35.7 Å². The van der Waals surface area contributed by atoms with E-state index in [0.717, 1.165) is 12.0 Å². The number of hydrogen-bond acceptors (Lipinski definition) is 7. The Balaban J connectivity index is 1.88. The van der Waals surface area contributed by atoms with Crippen LogP contribution in [0.15, 0.2) is 23.9 Å². The molecule has 156 valence electrons. The number of carbonyl (C=O) groups is 3. The number of esters is 1. The highest BCUT2D eigenvalue weighted by molar-refractivity contribution is 14.1. The summed E-state index contributed by atoms with van der Waals surface area (Å²) in [5, 5.41) is 2.38. The normalized spacial score (nSPS) is 21.1. The van der Waals surface area contributed by atoms with Crippen molar-refractivity contribution in [3.63, 3.8) is 0 Å². The third-order valence-corrected chi connectivity index (χ3v) is 6.26. The van der Waals surface area contributed by atoms with Gasteiger partial charge in [-0.25, -0.2) is 4.79 Å². The fourth-order valence-corrected chi connectivity index (χ4v) is 5.06. The third kappa shape index (κ3) is 5.71. The van der Waals surface area contributed by atoms with Gasteiger partial charge in [0.25, 0.3) is 5.91 Å². The van der Waals surface area contributed by atoms with Crippen LogP contribution in [-0.4, -0.2) is 77.3 Å². The number of amides is 2. The van der Waals surface area contributed by atoms with E-state index >= 15 is 0 Å². The van der Waals surface area contributed by atoms with Crippen LogP contribution in [0.1, 0.15) is 13.3 Å². The van der Waals surface area contributed by atoms with Crippen molar-refractivity contribution in [3.05, 3.63) is 23.9 Å². The number of ether oxygens (including phenoxy) is 3. The van der Waals surface area contributed by atoms with Crippen LogP contribution < -0.4 is 5.32 Å². The molecule has 2 atom stereocenters. The van der Waals surface area contributed by atoms with Crippen molar-refractivity contribution in [1.82, 2.24) is 10.2 Å². The molecule has 28 heavy (non-hydrogen) atoms. The Morgan fingerprint density at radius 1 is 1.36 bits per heavy atom. The lowest BCUT2D eigenvalue weighted by Crippen LogP contribution is -2.70. The van der Waals surface area contributed by atoms with Crippen molar-refractivity contribution < 1.29 is 28.6 Å². The molecule has 2 amide bonds. The number of β-lactam (4-membered cyclic amide) rings is 1. The first-order chi connectivity index (χ1) is 13.5. The second-order valence-electron chi connectivity index (χ2n) is 6.09.